The number of unbranched alkanes of at least 4 members (excludes halogenated alkanes) is 8. The lowest BCUT2D eigenvalue weighted by Crippen LogP contribution is -1.91. The molecule has 0 rings (SSSR count). The van der Waals surface area contributed by atoms with Gasteiger partial charge in [0.2, 0.25) is 0 Å². The van der Waals surface area contributed by atoms with Gasteiger partial charge in [-0.15, -0.1) is 6.58 Å². The number of carbonyl (C=O) groups is 1. The summed E-state index contributed by atoms with van der Waals surface area (Å²) in [5, 5.41) is 0. The van der Waals surface area contributed by atoms with Crippen molar-refractivity contribution < 1.29 is 9.53 Å². The number of carbonyl (C=O) groups excluding carboxylic acids is 1. The second-order valence-corrected chi connectivity index (χ2v) is 3.87. The van der Waals surface area contributed by atoms with Crippen molar-refractivity contribution in [2.45, 2.75) is 71.6 Å². The van der Waals surface area contributed by atoms with Gasteiger partial charge in [-0.05, 0) is 19.3 Å². The van der Waals surface area contributed by atoms with Crippen LogP contribution >= 0.6 is 0 Å². The van der Waals surface area contributed by atoms with Crippen LogP contribution in [-0.4, -0.2) is 13.1 Å². The van der Waals surface area contributed by atoms with Crippen molar-refractivity contribution in [3.05, 3.63) is 12.7 Å². The van der Waals surface area contributed by atoms with Gasteiger partial charge < -0.3 is 4.74 Å². The molecular weight excluding hydrogens is 212 g/mol. The van der Waals surface area contributed by atoms with Gasteiger partial charge in [-0.3, -0.25) is 4.79 Å². The Morgan fingerprint density at radius 1 is 0.882 bits per heavy atom. The highest BCUT2D eigenvalue weighted by atomic mass is 16.5. The SMILES string of the molecule is C=CCCCCCCCCCCOC=O.CC. The smallest absolute Gasteiger partial charge is 0.293 e. The van der Waals surface area contributed by atoms with Crippen molar-refractivity contribution in [1.29, 1.82) is 0 Å². The molecule has 2 nitrogen and oxygen atoms in total. The van der Waals surface area contributed by atoms with Crippen molar-refractivity contribution >= 4 is 6.47 Å². The van der Waals surface area contributed by atoms with Gasteiger partial charge in [-0.25, -0.2) is 0 Å². The molecule has 0 spiro atoms. The number of ether oxygens (including phenoxy) is 1. The predicted molar refractivity (Wildman–Crippen MR) is 75.1 cm³/mol. The number of hydrogen-bond donors (Lipinski definition) is 0. The van der Waals surface area contributed by atoms with Crippen LogP contribution in [0.15, 0.2) is 12.7 Å². The van der Waals surface area contributed by atoms with Gasteiger partial charge in [0.05, 0.1) is 6.61 Å². The fourth-order valence-corrected chi connectivity index (χ4v) is 1.58. The van der Waals surface area contributed by atoms with Gasteiger partial charge in [0, 0.05) is 0 Å². The summed E-state index contributed by atoms with van der Waals surface area (Å²) in [5.41, 5.74) is 0. The van der Waals surface area contributed by atoms with Gasteiger partial charge in [-0.1, -0.05) is 58.4 Å². The fraction of sp³-hybridized carbons (Fsp3) is 0.800. The highest BCUT2D eigenvalue weighted by Crippen LogP contribution is 2.09. The molecule has 0 heterocycles. The summed E-state index contributed by atoms with van der Waals surface area (Å²) in [5.74, 6) is 0. The Kier molecular flexibility index (Phi) is 22.5. The van der Waals surface area contributed by atoms with Gasteiger partial charge in [0.25, 0.3) is 6.47 Å². The van der Waals surface area contributed by atoms with Crippen LogP contribution in [0.2, 0.25) is 0 Å². The molecule has 0 aliphatic heterocycles. The third-order valence-electron chi connectivity index (χ3n) is 2.49. The summed E-state index contributed by atoms with van der Waals surface area (Å²) in [6.07, 6.45) is 13.2. The van der Waals surface area contributed by atoms with E-state index in [0.29, 0.717) is 13.1 Å². The van der Waals surface area contributed by atoms with Crippen LogP contribution in [0.1, 0.15) is 71.6 Å². The van der Waals surface area contributed by atoms with Gasteiger partial charge in [0.1, 0.15) is 0 Å². The molecule has 17 heavy (non-hydrogen) atoms. The molecular formula is C15H30O2. The Bertz CT molecular complexity index is 128. The van der Waals surface area contributed by atoms with Crippen molar-refractivity contribution in [1.82, 2.24) is 0 Å². The van der Waals surface area contributed by atoms with Crippen LogP contribution in [0.5, 0.6) is 0 Å². The second kappa shape index (κ2) is 20.6. The number of rotatable bonds is 12. The van der Waals surface area contributed by atoms with E-state index < -0.39 is 0 Å². The van der Waals surface area contributed by atoms with Crippen molar-refractivity contribution in [3.63, 3.8) is 0 Å². The molecule has 2 heteroatoms. The fourth-order valence-electron chi connectivity index (χ4n) is 1.58. The van der Waals surface area contributed by atoms with Gasteiger partial charge in [-0.2, -0.15) is 0 Å². The predicted octanol–water partition coefficient (Wildman–Crippen LogP) is 4.88. The van der Waals surface area contributed by atoms with Crippen LogP contribution < -0.4 is 0 Å². The lowest BCUT2D eigenvalue weighted by Gasteiger charge is -2.01. The first-order valence-electron chi connectivity index (χ1n) is 7.08. The molecule has 0 unspecified atom stereocenters. The summed E-state index contributed by atoms with van der Waals surface area (Å²) in [6.45, 7) is 8.82. The standard InChI is InChI=1S/C13H24O2.C2H6/c1-2-3-4-5-6-7-8-9-10-11-12-15-13-14;1-2/h2,13H,1,3-12H2;1-2H3. The Morgan fingerprint density at radius 3 is 1.82 bits per heavy atom. The molecule has 0 aliphatic rings. The molecule has 0 aliphatic carbocycles. The molecule has 0 aromatic carbocycles. The molecule has 0 fully saturated rings. The molecule has 0 saturated carbocycles. The maximum atomic E-state index is 9.84. The topological polar surface area (TPSA) is 26.3 Å². The first kappa shape index (κ1) is 18.6. The van der Waals surface area contributed by atoms with Crippen molar-refractivity contribution in [2.75, 3.05) is 6.61 Å². The maximum Gasteiger partial charge on any atom is 0.293 e. The Labute approximate surface area is 107 Å². The Morgan fingerprint density at radius 2 is 1.35 bits per heavy atom. The van der Waals surface area contributed by atoms with Crippen LogP contribution in [0.3, 0.4) is 0 Å². The van der Waals surface area contributed by atoms with Crippen molar-refractivity contribution in [2.24, 2.45) is 0 Å². The van der Waals surface area contributed by atoms with E-state index in [1.54, 1.807) is 0 Å². The Balaban J connectivity index is 0. The van der Waals surface area contributed by atoms with E-state index >= 15 is 0 Å². The van der Waals surface area contributed by atoms with E-state index in [-0.39, 0.29) is 0 Å². The van der Waals surface area contributed by atoms with Crippen LogP contribution in [0.25, 0.3) is 0 Å². The average Bonchev–Trinajstić information content (AvgIpc) is 2.38. The van der Waals surface area contributed by atoms with E-state index in [2.05, 4.69) is 11.3 Å². The summed E-state index contributed by atoms with van der Waals surface area (Å²) in [6, 6.07) is 0. The third-order valence-corrected chi connectivity index (χ3v) is 2.49. The van der Waals surface area contributed by atoms with E-state index in [4.69, 9.17) is 0 Å². The molecule has 0 bridgehead atoms. The monoisotopic (exact) mass is 242 g/mol. The zero-order valence-electron chi connectivity index (χ0n) is 11.7. The zero-order valence-corrected chi connectivity index (χ0v) is 11.7. The molecule has 0 saturated heterocycles. The summed E-state index contributed by atoms with van der Waals surface area (Å²) in [4.78, 5) is 9.84. The van der Waals surface area contributed by atoms with Crippen LogP contribution in [-0.2, 0) is 9.53 Å². The number of hydrogen-bond acceptors (Lipinski definition) is 2. The summed E-state index contributed by atoms with van der Waals surface area (Å²) in [7, 11) is 0. The normalized spacial score (nSPS) is 9.06. The highest BCUT2D eigenvalue weighted by Gasteiger charge is 1.92. The minimum atomic E-state index is 0.527. The highest BCUT2D eigenvalue weighted by molar-refractivity contribution is 5.36. The minimum Gasteiger partial charge on any atom is -0.468 e. The molecule has 102 valence electrons. The molecule has 0 atom stereocenters. The Hall–Kier alpha value is -0.790. The van der Waals surface area contributed by atoms with E-state index in [0.717, 1.165) is 12.8 Å². The lowest BCUT2D eigenvalue weighted by molar-refractivity contribution is -0.128. The van der Waals surface area contributed by atoms with Crippen LogP contribution in [0, 0.1) is 0 Å². The first-order valence-corrected chi connectivity index (χ1v) is 7.08. The molecule has 0 aromatic rings. The summed E-state index contributed by atoms with van der Waals surface area (Å²) < 4.78 is 4.62. The third kappa shape index (κ3) is 21.1. The largest absolute Gasteiger partial charge is 0.468 e. The van der Waals surface area contributed by atoms with E-state index in [1.807, 2.05) is 19.9 Å². The molecule has 0 aromatic heterocycles. The first-order chi connectivity index (χ1) is 8.41. The van der Waals surface area contributed by atoms with E-state index in [1.165, 1.54) is 44.9 Å². The van der Waals surface area contributed by atoms with Crippen LogP contribution in [0.4, 0.5) is 0 Å². The van der Waals surface area contributed by atoms with E-state index in [9.17, 15) is 4.79 Å². The minimum absolute atomic E-state index is 0.527. The van der Waals surface area contributed by atoms with Gasteiger partial charge >= 0.3 is 0 Å². The quantitative estimate of drug-likeness (QED) is 0.277. The average molecular weight is 242 g/mol. The molecule has 0 radical (unpaired) electrons. The number of allylic oxidation sites excluding steroid dienone is 1. The zero-order chi connectivity index (χ0) is 13.2. The summed E-state index contributed by atoms with van der Waals surface area (Å²) >= 11 is 0. The molecule has 0 N–H and O–H groups in total. The maximum absolute atomic E-state index is 9.84. The second-order valence-electron chi connectivity index (χ2n) is 3.87. The molecule has 0 amide bonds. The van der Waals surface area contributed by atoms with Crippen molar-refractivity contribution in [3.8, 4) is 0 Å². The lowest BCUT2D eigenvalue weighted by atomic mass is 10.1. The van der Waals surface area contributed by atoms with Gasteiger partial charge in [0.15, 0.2) is 0 Å².